The first kappa shape index (κ1) is 18.2. The van der Waals surface area contributed by atoms with Crippen LogP contribution in [0.25, 0.3) is 11.0 Å². The average Bonchev–Trinajstić information content (AvgIpc) is 3.17. The molecule has 0 fully saturated rings. The number of carbonyl (C=O) groups excluding carboxylic acids is 1. The molecule has 1 aliphatic heterocycles. The molecule has 0 spiro atoms. The summed E-state index contributed by atoms with van der Waals surface area (Å²) in [4.78, 5) is 32.8. The standard InChI is InChI=1S/C22H21N7O/c1-15-25-17-9-11-28(12-16(17)22(26-15)27-20-8-4-5-10-23-20)21(30)13-29-14-24-18-6-2-3-7-19(18)29/h2-8,10,14H,9,11-13H2,1H3,(H,23,25,26,27). The van der Waals surface area contributed by atoms with E-state index in [0.29, 0.717) is 37.0 Å². The third-order valence-corrected chi connectivity index (χ3v) is 5.27. The largest absolute Gasteiger partial charge is 0.336 e. The van der Waals surface area contributed by atoms with Gasteiger partial charge in [-0.3, -0.25) is 4.79 Å². The number of para-hydroxylation sites is 2. The molecule has 0 bridgehead atoms. The van der Waals surface area contributed by atoms with Crippen LogP contribution in [0, 0.1) is 6.92 Å². The zero-order valence-electron chi connectivity index (χ0n) is 16.6. The van der Waals surface area contributed by atoms with E-state index in [0.717, 1.165) is 22.3 Å². The first-order valence-electron chi connectivity index (χ1n) is 9.89. The van der Waals surface area contributed by atoms with Gasteiger partial charge >= 0.3 is 0 Å². The number of amides is 1. The van der Waals surface area contributed by atoms with Gasteiger partial charge in [0.05, 0.1) is 29.6 Å². The van der Waals surface area contributed by atoms with Gasteiger partial charge in [0, 0.05) is 24.7 Å². The lowest BCUT2D eigenvalue weighted by Gasteiger charge is -2.29. The summed E-state index contributed by atoms with van der Waals surface area (Å²) >= 11 is 0. The third-order valence-electron chi connectivity index (χ3n) is 5.27. The number of rotatable bonds is 4. The number of nitrogens with one attached hydrogen (secondary N) is 1. The van der Waals surface area contributed by atoms with E-state index in [9.17, 15) is 4.79 Å². The highest BCUT2D eigenvalue weighted by Crippen LogP contribution is 2.26. The van der Waals surface area contributed by atoms with Crippen molar-refractivity contribution < 1.29 is 4.79 Å². The Kier molecular flexibility index (Phi) is 4.59. The summed E-state index contributed by atoms with van der Waals surface area (Å²) in [5, 5.41) is 3.29. The van der Waals surface area contributed by atoms with Gasteiger partial charge in [0.25, 0.3) is 0 Å². The first-order chi connectivity index (χ1) is 14.7. The molecule has 0 radical (unpaired) electrons. The fourth-order valence-electron chi connectivity index (χ4n) is 3.79. The quantitative estimate of drug-likeness (QED) is 0.568. The molecule has 4 aromatic rings. The van der Waals surface area contributed by atoms with Gasteiger partial charge < -0.3 is 14.8 Å². The van der Waals surface area contributed by atoms with Crippen molar-refractivity contribution in [2.45, 2.75) is 26.4 Å². The number of benzene rings is 1. The summed E-state index contributed by atoms with van der Waals surface area (Å²) in [7, 11) is 0. The number of nitrogens with zero attached hydrogens (tertiary/aromatic N) is 6. The highest BCUT2D eigenvalue weighted by atomic mass is 16.2. The normalized spacial score (nSPS) is 13.3. The second-order valence-electron chi connectivity index (χ2n) is 7.31. The predicted octanol–water partition coefficient (Wildman–Crippen LogP) is 2.86. The van der Waals surface area contributed by atoms with Crippen LogP contribution in [0.2, 0.25) is 0 Å². The minimum Gasteiger partial charge on any atom is -0.336 e. The maximum atomic E-state index is 13.1. The number of aryl methyl sites for hydroxylation is 1. The Balaban J connectivity index is 1.39. The molecule has 0 aliphatic carbocycles. The Morgan fingerprint density at radius 2 is 1.97 bits per heavy atom. The van der Waals surface area contributed by atoms with Crippen molar-refractivity contribution in [2.75, 3.05) is 11.9 Å². The Morgan fingerprint density at radius 1 is 1.10 bits per heavy atom. The Hall–Kier alpha value is -3.81. The lowest BCUT2D eigenvalue weighted by Crippen LogP contribution is -2.38. The van der Waals surface area contributed by atoms with Crippen molar-refractivity contribution >= 4 is 28.6 Å². The molecule has 0 atom stereocenters. The van der Waals surface area contributed by atoms with E-state index < -0.39 is 0 Å². The van der Waals surface area contributed by atoms with Crippen molar-refractivity contribution in [1.29, 1.82) is 0 Å². The molecule has 0 saturated carbocycles. The van der Waals surface area contributed by atoms with Gasteiger partial charge in [0.15, 0.2) is 0 Å². The van der Waals surface area contributed by atoms with Gasteiger partial charge in [-0.1, -0.05) is 18.2 Å². The van der Waals surface area contributed by atoms with E-state index in [1.807, 2.05) is 58.9 Å². The molecule has 30 heavy (non-hydrogen) atoms. The first-order valence-corrected chi connectivity index (χ1v) is 9.89. The van der Waals surface area contributed by atoms with Crippen LogP contribution < -0.4 is 5.32 Å². The van der Waals surface area contributed by atoms with Crippen LogP contribution in [-0.2, 0) is 24.3 Å². The lowest BCUT2D eigenvalue weighted by molar-refractivity contribution is -0.132. The number of imidazole rings is 1. The van der Waals surface area contributed by atoms with Gasteiger partial charge in [0.1, 0.15) is 24.0 Å². The summed E-state index contributed by atoms with van der Waals surface area (Å²) in [6, 6.07) is 13.5. The molecule has 4 heterocycles. The van der Waals surface area contributed by atoms with E-state index in [1.54, 1.807) is 12.5 Å². The SMILES string of the molecule is Cc1nc2c(c(Nc3ccccn3)n1)CN(C(=O)Cn1cnc3ccccc31)CC2. The zero-order valence-corrected chi connectivity index (χ0v) is 16.6. The number of anilines is 2. The molecule has 1 amide bonds. The second kappa shape index (κ2) is 7.55. The minimum absolute atomic E-state index is 0.0492. The molecule has 1 N–H and O–H groups in total. The highest BCUT2D eigenvalue weighted by Gasteiger charge is 2.25. The van der Waals surface area contributed by atoms with Gasteiger partial charge in [-0.05, 0) is 31.2 Å². The van der Waals surface area contributed by atoms with E-state index in [2.05, 4.69) is 25.3 Å². The van der Waals surface area contributed by atoms with Crippen LogP contribution in [-0.4, -0.2) is 41.9 Å². The van der Waals surface area contributed by atoms with E-state index in [4.69, 9.17) is 0 Å². The number of hydrogen-bond acceptors (Lipinski definition) is 6. The zero-order chi connectivity index (χ0) is 20.5. The number of carbonyl (C=O) groups is 1. The minimum atomic E-state index is 0.0492. The topological polar surface area (TPSA) is 88.8 Å². The average molecular weight is 399 g/mol. The van der Waals surface area contributed by atoms with Gasteiger partial charge in [-0.2, -0.15) is 0 Å². The Bertz CT molecular complexity index is 1220. The van der Waals surface area contributed by atoms with Crippen molar-refractivity contribution in [2.24, 2.45) is 0 Å². The van der Waals surface area contributed by atoms with E-state index in [-0.39, 0.29) is 12.5 Å². The van der Waals surface area contributed by atoms with Crippen molar-refractivity contribution in [3.63, 3.8) is 0 Å². The molecular formula is C22H21N7O. The summed E-state index contributed by atoms with van der Waals surface area (Å²) in [5.74, 6) is 2.18. The summed E-state index contributed by atoms with van der Waals surface area (Å²) in [6.45, 7) is 3.24. The van der Waals surface area contributed by atoms with Crippen LogP contribution in [0.15, 0.2) is 55.0 Å². The maximum Gasteiger partial charge on any atom is 0.242 e. The van der Waals surface area contributed by atoms with Gasteiger partial charge in [0.2, 0.25) is 5.91 Å². The predicted molar refractivity (Wildman–Crippen MR) is 113 cm³/mol. The molecule has 0 saturated heterocycles. The number of pyridine rings is 1. The smallest absolute Gasteiger partial charge is 0.242 e. The molecule has 1 aliphatic rings. The molecule has 8 nitrogen and oxygen atoms in total. The summed E-state index contributed by atoms with van der Waals surface area (Å²) < 4.78 is 1.89. The fraction of sp³-hybridized carbons (Fsp3) is 0.227. The maximum absolute atomic E-state index is 13.1. The van der Waals surface area contributed by atoms with Crippen LogP contribution in [0.3, 0.4) is 0 Å². The van der Waals surface area contributed by atoms with E-state index >= 15 is 0 Å². The van der Waals surface area contributed by atoms with Crippen LogP contribution in [0.4, 0.5) is 11.6 Å². The van der Waals surface area contributed by atoms with E-state index in [1.165, 1.54) is 0 Å². The molecule has 1 aromatic carbocycles. The van der Waals surface area contributed by atoms with Crippen molar-refractivity contribution in [3.8, 4) is 0 Å². The Labute approximate surface area is 173 Å². The number of fused-ring (bicyclic) bond motifs is 2. The van der Waals surface area contributed by atoms with Crippen molar-refractivity contribution in [3.05, 3.63) is 72.1 Å². The summed E-state index contributed by atoms with van der Waals surface area (Å²) in [5.41, 5.74) is 3.78. The highest BCUT2D eigenvalue weighted by molar-refractivity contribution is 5.81. The molecular weight excluding hydrogens is 378 g/mol. The summed E-state index contributed by atoms with van der Waals surface area (Å²) in [6.07, 6.45) is 4.15. The molecule has 8 heteroatoms. The van der Waals surface area contributed by atoms with Crippen LogP contribution in [0.5, 0.6) is 0 Å². The van der Waals surface area contributed by atoms with Gasteiger partial charge in [-0.15, -0.1) is 0 Å². The lowest BCUT2D eigenvalue weighted by atomic mass is 10.1. The second-order valence-corrected chi connectivity index (χ2v) is 7.31. The number of hydrogen-bond donors (Lipinski definition) is 1. The molecule has 5 rings (SSSR count). The fourth-order valence-corrected chi connectivity index (χ4v) is 3.79. The molecule has 3 aromatic heterocycles. The van der Waals surface area contributed by atoms with Crippen molar-refractivity contribution in [1.82, 2.24) is 29.4 Å². The van der Waals surface area contributed by atoms with Crippen LogP contribution in [0.1, 0.15) is 17.1 Å². The van der Waals surface area contributed by atoms with Crippen LogP contribution >= 0.6 is 0 Å². The monoisotopic (exact) mass is 399 g/mol. The Morgan fingerprint density at radius 3 is 2.83 bits per heavy atom. The van der Waals surface area contributed by atoms with Gasteiger partial charge in [-0.25, -0.2) is 19.9 Å². The molecule has 0 unspecified atom stereocenters. The molecule has 150 valence electrons. The number of aromatic nitrogens is 5. The third kappa shape index (κ3) is 3.47.